The Labute approximate surface area is 110 Å². The molecule has 2 aromatic rings. The van der Waals surface area contributed by atoms with Crippen molar-refractivity contribution in [3.8, 4) is 11.1 Å². The van der Waals surface area contributed by atoms with E-state index in [4.69, 9.17) is 0 Å². The van der Waals surface area contributed by atoms with Gasteiger partial charge in [0.05, 0.1) is 4.92 Å². The van der Waals surface area contributed by atoms with Crippen LogP contribution >= 0.6 is 0 Å². The summed E-state index contributed by atoms with van der Waals surface area (Å²) in [6.07, 6.45) is 0. The third-order valence-electron chi connectivity index (χ3n) is 3.05. The minimum atomic E-state index is -0.812. The topological polar surface area (TPSA) is 43.1 Å². The van der Waals surface area contributed by atoms with Crippen LogP contribution in [0.1, 0.15) is 25.3 Å². The summed E-state index contributed by atoms with van der Waals surface area (Å²) in [4.78, 5) is 10.0. The fourth-order valence-corrected chi connectivity index (χ4v) is 1.89. The monoisotopic (exact) mass is 259 g/mol. The Morgan fingerprint density at radius 3 is 2.16 bits per heavy atom. The molecule has 19 heavy (non-hydrogen) atoms. The molecule has 2 rings (SSSR count). The van der Waals surface area contributed by atoms with E-state index in [1.54, 1.807) is 6.07 Å². The lowest BCUT2D eigenvalue weighted by molar-refractivity contribution is -0.387. The number of rotatable bonds is 3. The molecular weight excluding hydrogens is 245 g/mol. The number of nitrogens with zero attached hydrogens (tertiary/aromatic N) is 1. The number of hydrogen-bond acceptors (Lipinski definition) is 2. The molecule has 0 fully saturated rings. The van der Waals surface area contributed by atoms with Gasteiger partial charge in [-0.05, 0) is 28.7 Å². The van der Waals surface area contributed by atoms with E-state index in [0.29, 0.717) is 11.5 Å². The van der Waals surface area contributed by atoms with Gasteiger partial charge >= 0.3 is 5.69 Å². The van der Waals surface area contributed by atoms with Gasteiger partial charge in [0.25, 0.3) is 0 Å². The van der Waals surface area contributed by atoms with Gasteiger partial charge in [-0.15, -0.1) is 0 Å². The minimum absolute atomic E-state index is 0.427. The molecule has 0 saturated heterocycles. The molecule has 0 saturated carbocycles. The molecule has 0 bridgehead atoms. The predicted molar refractivity (Wildman–Crippen MR) is 72.6 cm³/mol. The zero-order valence-corrected chi connectivity index (χ0v) is 10.8. The fourth-order valence-electron chi connectivity index (χ4n) is 1.89. The first-order chi connectivity index (χ1) is 8.99. The van der Waals surface area contributed by atoms with Crippen LogP contribution in [-0.4, -0.2) is 4.92 Å². The number of nitro benzene ring substituents is 1. The minimum Gasteiger partial charge on any atom is -0.258 e. The quantitative estimate of drug-likeness (QED) is 0.600. The maximum atomic E-state index is 13.3. The molecule has 0 aliphatic rings. The highest BCUT2D eigenvalue weighted by atomic mass is 19.1. The largest absolute Gasteiger partial charge is 0.305 e. The van der Waals surface area contributed by atoms with E-state index in [-0.39, 0.29) is 0 Å². The van der Waals surface area contributed by atoms with Crippen molar-refractivity contribution < 1.29 is 9.31 Å². The molecule has 2 aromatic carbocycles. The Kier molecular flexibility index (Phi) is 3.60. The van der Waals surface area contributed by atoms with E-state index < -0.39 is 16.4 Å². The second kappa shape index (κ2) is 5.18. The average Bonchev–Trinajstić information content (AvgIpc) is 2.39. The second-order valence-corrected chi connectivity index (χ2v) is 4.70. The molecule has 3 nitrogen and oxygen atoms in total. The highest BCUT2D eigenvalue weighted by molar-refractivity contribution is 5.66. The van der Waals surface area contributed by atoms with Crippen molar-refractivity contribution in [2.45, 2.75) is 19.8 Å². The molecule has 0 heterocycles. The summed E-state index contributed by atoms with van der Waals surface area (Å²) in [5, 5.41) is 10.7. The van der Waals surface area contributed by atoms with Crippen LogP contribution in [-0.2, 0) is 0 Å². The highest BCUT2D eigenvalue weighted by Gasteiger charge is 2.14. The third kappa shape index (κ3) is 2.78. The van der Waals surface area contributed by atoms with Crippen molar-refractivity contribution in [3.63, 3.8) is 0 Å². The summed E-state index contributed by atoms with van der Waals surface area (Å²) >= 11 is 0. The maximum Gasteiger partial charge on any atom is 0.305 e. The number of halogens is 1. The van der Waals surface area contributed by atoms with E-state index in [2.05, 4.69) is 13.8 Å². The van der Waals surface area contributed by atoms with E-state index in [9.17, 15) is 14.5 Å². The first kappa shape index (κ1) is 13.2. The van der Waals surface area contributed by atoms with Gasteiger partial charge in [-0.2, -0.15) is 4.39 Å². The van der Waals surface area contributed by atoms with E-state index in [1.807, 2.05) is 24.3 Å². The van der Waals surface area contributed by atoms with Gasteiger partial charge in [0.15, 0.2) is 0 Å². The van der Waals surface area contributed by atoms with Crippen molar-refractivity contribution in [2.24, 2.45) is 0 Å². The Morgan fingerprint density at radius 2 is 1.63 bits per heavy atom. The van der Waals surface area contributed by atoms with Crippen LogP contribution in [0.5, 0.6) is 0 Å². The SMILES string of the molecule is CC(C)c1ccc(-c2ccc(F)c([N+](=O)[O-])c2)cc1. The van der Waals surface area contributed by atoms with Crippen molar-refractivity contribution in [2.75, 3.05) is 0 Å². The first-order valence-electron chi connectivity index (χ1n) is 6.03. The predicted octanol–water partition coefficient (Wildman–Crippen LogP) is 4.52. The van der Waals surface area contributed by atoms with Gasteiger partial charge in [0.2, 0.25) is 5.82 Å². The zero-order valence-electron chi connectivity index (χ0n) is 10.8. The van der Waals surface area contributed by atoms with Crippen LogP contribution in [0.4, 0.5) is 10.1 Å². The van der Waals surface area contributed by atoms with Gasteiger partial charge in [-0.3, -0.25) is 10.1 Å². The molecule has 0 radical (unpaired) electrons. The normalized spacial score (nSPS) is 10.7. The van der Waals surface area contributed by atoms with E-state index in [1.165, 1.54) is 11.6 Å². The van der Waals surface area contributed by atoms with Gasteiger partial charge < -0.3 is 0 Å². The first-order valence-corrected chi connectivity index (χ1v) is 6.03. The fraction of sp³-hybridized carbons (Fsp3) is 0.200. The molecule has 0 unspecified atom stereocenters. The molecule has 0 aromatic heterocycles. The third-order valence-corrected chi connectivity index (χ3v) is 3.05. The standard InChI is InChI=1S/C15H14FNO2/c1-10(2)11-3-5-12(6-4-11)13-7-8-14(16)15(9-13)17(18)19/h3-10H,1-2H3. The number of nitro groups is 1. The molecule has 0 aliphatic heterocycles. The number of hydrogen-bond donors (Lipinski definition) is 0. The van der Waals surface area contributed by atoms with Crippen molar-refractivity contribution in [1.29, 1.82) is 0 Å². The van der Waals surface area contributed by atoms with Gasteiger partial charge in [0, 0.05) is 6.07 Å². The molecular formula is C15H14FNO2. The van der Waals surface area contributed by atoms with Crippen LogP contribution in [0.25, 0.3) is 11.1 Å². The molecule has 0 N–H and O–H groups in total. The van der Waals surface area contributed by atoms with Gasteiger partial charge in [0.1, 0.15) is 0 Å². The Bertz CT molecular complexity index is 606. The number of benzene rings is 2. The average molecular weight is 259 g/mol. The zero-order chi connectivity index (χ0) is 14.0. The van der Waals surface area contributed by atoms with Crippen molar-refractivity contribution in [1.82, 2.24) is 0 Å². The summed E-state index contributed by atoms with van der Waals surface area (Å²) < 4.78 is 13.3. The summed E-state index contributed by atoms with van der Waals surface area (Å²) in [6, 6.07) is 11.7. The van der Waals surface area contributed by atoms with Crippen LogP contribution < -0.4 is 0 Å². The molecule has 0 amide bonds. The molecule has 0 aliphatic carbocycles. The van der Waals surface area contributed by atoms with Gasteiger partial charge in [-0.1, -0.05) is 44.2 Å². The summed E-state index contributed by atoms with van der Waals surface area (Å²) in [7, 11) is 0. The Morgan fingerprint density at radius 1 is 1.05 bits per heavy atom. The Hall–Kier alpha value is -2.23. The smallest absolute Gasteiger partial charge is 0.258 e. The lowest BCUT2D eigenvalue weighted by Gasteiger charge is -2.07. The highest BCUT2D eigenvalue weighted by Crippen LogP contribution is 2.27. The van der Waals surface area contributed by atoms with Gasteiger partial charge in [-0.25, -0.2) is 0 Å². The summed E-state index contributed by atoms with van der Waals surface area (Å²) in [6.45, 7) is 4.19. The van der Waals surface area contributed by atoms with Crippen LogP contribution in [0.2, 0.25) is 0 Å². The Balaban J connectivity index is 2.41. The summed E-state index contributed by atoms with van der Waals surface area (Å²) in [5.41, 5.74) is 2.18. The maximum absolute atomic E-state index is 13.3. The second-order valence-electron chi connectivity index (χ2n) is 4.70. The van der Waals surface area contributed by atoms with Crippen LogP contribution in [0.3, 0.4) is 0 Å². The molecule has 0 spiro atoms. The molecule has 4 heteroatoms. The van der Waals surface area contributed by atoms with Crippen LogP contribution in [0.15, 0.2) is 42.5 Å². The van der Waals surface area contributed by atoms with Crippen molar-refractivity contribution >= 4 is 5.69 Å². The van der Waals surface area contributed by atoms with Crippen LogP contribution in [0, 0.1) is 15.9 Å². The lowest BCUT2D eigenvalue weighted by Crippen LogP contribution is -1.93. The van der Waals surface area contributed by atoms with Crippen molar-refractivity contribution in [3.05, 3.63) is 64.0 Å². The van der Waals surface area contributed by atoms with E-state index in [0.717, 1.165) is 11.6 Å². The molecule has 0 atom stereocenters. The van der Waals surface area contributed by atoms with E-state index >= 15 is 0 Å². The summed E-state index contributed by atoms with van der Waals surface area (Å²) in [5.74, 6) is -0.385. The molecule has 98 valence electrons. The lowest BCUT2D eigenvalue weighted by atomic mass is 9.98.